The van der Waals surface area contributed by atoms with E-state index in [1.807, 2.05) is 0 Å². The lowest BCUT2D eigenvalue weighted by molar-refractivity contribution is -0.137. The van der Waals surface area contributed by atoms with E-state index in [1.54, 1.807) is 24.3 Å². The Bertz CT molecular complexity index is 792. The van der Waals surface area contributed by atoms with Gasteiger partial charge in [-0.15, -0.1) is 0 Å². The number of primary amides is 1. The van der Waals surface area contributed by atoms with E-state index >= 15 is 0 Å². The van der Waals surface area contributed by atoms with Gasteiger partial charge in [0.2, 0.25) is 5.91 Å². The maximum Gasteiger partial charge on any atom is 0.416 e. The third kappa shape index (κ3) is 3.52. The molecule has 0 saturated heterocycles. The van der Waals surface area contributed by atoms with Crippen molar-refractivity contribution in [1.29, 1.82) is 0 Å². The molecule has 0 heterocycles. The summed E-state index contributed by atoms with van der Waals surface area (Å²) in [5.41, 5.74) is 4.70. The molecule has 0 unspecified atom stereocenters. The van der Waals surface area contributed by atoms with Gasteiger partial charge in [-0.1, -0.05) is 30.3 Å². The van der Waals surface area contributed by atoms with Crippen LogP contribution < -0.4 is 5.73 Å². The molecule has 0 aromatic heterocycles. The highest BCUT2D eigenvalue weighted by Gasteiger charge is 2.38. The molecular formula is C19H17F4NO. The van der Waals surface area contributed by atoms with Gasteiger partial charge in [0.05, 0.1) is 5.56 Å². The van der Waals surface area contributed by atoms with Crippen LogP contribution >= 0.6 is 0 Å². The Balaban J connectivity index is 1.86. The smallest absolute Gasteiger partial charge is 0.366 e. The predicted molar refractivity (Wildman–Crippen MR) is 85.8 cm³/mol. The van der Waals surface area contributed by atoms with Gasteiger partial charge in [0.25, 0.3) is 0 Å². The summed E-state index contributed by atoms with van der Waals surface area (Å²) < 4.78 is 52.7. The normalized spacial score (nSPS) is 16.3. The molecule has 2 N–H and O–H groups in total. The minimum absolute atomic E-state index is 0.153. The van der Waals surface area contributed by atoms with Crippen LogP contribution in [0.25, 0.3) is 0 Å². The fourth-order valence-electron chi connectivity index (χ4n) is 3.05. The number of carbonyl (C=O) groups is 1. The molecule has 132 valence electrons. The van der Waals surface area contributed by atoms with Crippen molar-refractivity contribution in [2.24, 2.45) is 5.73 Å². The fourth-order valence-corrected chi connectivity index (χ4v) is 3.05. The Morgan fingerprint density at radius 2 is 1.72 bits per heavy atom. The first-order chi connectivity index (χ1) is 11.7. The van der Waals surface area contributed by atoms with Crippen molar-refractivity contribution in [3.63, 3.8) is 0 Å². The lowest BCUT2D eigenvalue weighted by atomic mass is 9.76. The molecule has 6 heteroatoms. The number of nitrogens with two attached hydrogens (primary N) is 1. The number of rotatable bonds is 4. The van der Waals surface area contributed by atoms with E-state index in [1.165, 1.54) is 6.07 Å². The SMILES string of the molecule is NC(=O)c1cc(C(F)(F)F)ccc1Cc1ccc(C2(F)CCC2)cc1. The van der Waals surface area contributed by atoms with Crippen LogP contribution in [0.4, 0.5) is 17.6 Å². The lowest BCUT2D eigenvalue weighted by Gasteiger charge is -2.34. The maximum absolute atomic E-state index is 14.4. The molecular weight excluding hydrogens is 334 g/mol. The highest BCUT2D eigenvalue weighted by Crippen LogP contribution is 2.45. The molecule has 1 fully saturated rings. The van der Waals surface area contributed by atoms with Crippen LogP contribution in [-0.4, -0.2) is 5.91 Å². The van der Waals surface area contributed by atoms with Gasteiger partial charge < -0.3 is 5.73 Å². The molecule has 0 aliphatic heterocycles. The van der Waals surface area contributed by atoms with Gasteiger partial charge in [0.15, 0.2) is 0 Å². The molecule has 1 aliphatic carbocycles. The van der Waals surface area contributed by atoms with Crippen molar-refractivity contribution >= 4 is 5.91 Å². The van der Waals surface area contributed by atoms with E-state index in [0.29, 0.717) is 24.0 Å². The second-order valence-electron chi connectivity index (χ2n) is 6.43. The number of carbonyl (C=O) groups excluding carboxylic acids is 1. The van der Waals surface area contributed by atoms with Crippen molar-refractivity contribution in [3.05, 3.63) is 70.3 Å². The standard InChI is InChI=1S/C19H17F4NO/c20-18(8-1-9-18)14-5-2-12(3-6-14)10-13-4-7-15(19(21,22)23)11-16(13)17(24)25/h2-7,11H,1,8-10H2,(H2,24,25). The van der Waals surface area contributed by atoms with Gasteiger partial charge >= 0.3 is 6.18 Å². The van der Waals surface area contributed by atoms with Gasteiger partial charge in [-0.25, -0.2) is 4.39 Å². The largest absolute Gasteiger partial charge is 0.416 e. The van der Waals surface area contributed by atoms with E-state index in [4.69, 9.17) is 5.73 Å². The molecule has 1 saturated carbocycles. The summed E-state index contributed by atoms with van der Waals surface area (Å²) in [6.45, 7) is 0. The summed E-state index contributed by atoms with van der Waals surface area (Å²) in [7, 11) is 0. The number of benzene rings is 2. The Morgan fingerprint density at radius 3 is 2.20 bits per heavy atom. The van der Waals surface area contributed by atoms with Crippen LogP contribution in [0.1, 0.15) is 51.9 Å². The molecule has 1 aliphatic rings. The zero-order valence-corrected chi connectivity index (χ0v) is 13.4. The van der Waals surface area contributed by atoms with Crippen LogP contribution in [0.15, 0.2) is 42.5 Å². The van der Waals surface area contributed by atoms with E-state index in [2.05, 4.69) is 0 Å². The Kier molecular flexibility index (Phi) is 4.31. The van der Waals surface area contributed by atoms with Gasteiger partial charge in [0, 0.05) is 5.56 Å². The van der Waals surface area contributed by atoms with E-state index in [0.717, 1.165) is 24.1 Å². The molecule has 0 bridgehead atoms. The fraction of sp³-hybridized carbons (Fsp3) is 0.316. The highest BCUT2D eigenvalue weighted by atomic mass is 19.4. The second kappa shape index (κ2) is 6.17. The summed E-state index contributed by atoms with van der Waals surface area (Å²) in [5, 5.41) is 0. The summed E-state index contributed by atoms with van der Waals surface area (Å²) in [5.74, 6) is -0.908. The van der Waals surface area contributed by atoms with Crippen LogP contribution in [0.3, 0.4) is 0 Å². The van der Waals surface area contributed by atoms with Gasteiger partial charge in [-0.3, -0.25) is 4.79 Å². The molecule has 1 amide bonds. The average Bonchev–Trinajstić information content (AvgIpc) is 2.52. The topological polar surface area (TPSA) is 43.1 Å². The van der Waals surface area contributed by atoms with Crippen LogP contribution in [-0.2, 0) is 18.3 Å². The van der Waals surface area contributed by atoms with Crippen molar-refractivity contribution in [2.75, 3.05) is 0 Å². The molecule has 25 heavy (non-hydrogen) atoms. The van der Waals surface area contributed by atoms with Crippen LogP contribution in [0.2, 0.25) is 0 Å². The van der Waals surface area contributed by atoms with Gasteiger partial charge in [0.1, 0.15) is 5.67 Å². The van der Waals surface area contributed by atoms with E-state index in [-0.39, 0.29) is 12.0 Å². The maximum atomic E-state index is 14.4. The molecule has 0 spiro atoms. The first kappa shape index (κ1) is 17.5. The summed E-state index contributed by atoms with van der Waals surface area (Å²) in [6.07, 6.45) is -2.40. The second-order valence-corrected chi connectivity index (χ2v) is 6.43. The number of hydrogen-bond donors (Lipinski definition) is 1. The average molecular weight is 351 g/mol. The van der Waals surface area contributed by atoms with E-state index < -0.39 is 23.3 Å². The van der Waals surface area contributed by atoms with Gasteiger partial charge in [-0.05, 0) is 54.5 Å². The monoisotopic (exact) mass is 351 g/mol. The summed E-state index contributed by atoms with van der Waals surface area (Å²) in [6, 6.07) is 9.83. The quantitative estimate of drug-likeness (QED) is 0.794. The minimum atomic E-state index is -4.54. The molecule has 2 aromatic carbocycles. The first-order valence-corrected chi connectivity index (χ1v) is 7.97. The summed E-state index contributed by atoms with van der Waals surface area (Å²) in [4.78, 5) is 11.5. The van der Waals surface area contributed by atoms with E-state index in [9.17, 15) is 22.4 Å². The molecule has 0 atom stereocenters. The molecule has 2 nitrogen and oxygen atoms in total. The zero-order valence-electron chi connectivity index (χ0n) is 13.4. The summed E-state index contributed by atoms with van der Waals surface area (Å²) >= 11 is 0. The Hall–Kier alpha value is -2.37. The molecule has 0 radical (unpaired) electrons. The lowest BCUT2D eigenvalue weighted by Crippen LogP contribution is -2.28. The Morgan fingerprint density at radius 1 is 1.08 bits per heavy atom. The van der Waals surface area contributed by atoms with Gasteiger partial charge in [-0.2, -0.15) is 13.2 Å². The number of amides is 1. The number of alkyl halides is 4. The zero-order chi connectivity index (χ0) is 18.2. The van der Waals surface area contributed by atoms with Crippen molar-refractivity contribution in [2.45, 2.75) is 37.5 Å². The number of hydrogen-bond acceptors (Lipinski definition) is 1. The Labute approximate surface area is 142 Å². The first-order valence-electron chi connectivity index (χ1n) is 7.97. The van der Waals surface area contributed by atoms with Crippen molar-refractivity contribution in [3.8, 4) is 0 Å². The predicted octanol–water partition coefficient (Wildman–Crippen LogP) is 4.74. The highest BCUT2D eigenvalue weighted by molar-refractivity contribution is 5.94. The van der Waals surface area contributed by atoms with Crippen molar-refractivity contribution < 1.29 is 22.4 Å². The third-order valence-corrected chi connectivity index (χ3v) is 4.71. The number of halogens is 4. The molecule has 2 aromatic rings. The minimum Gasteiger partial charge on any atom is -0.366 e. The molecule has 3 rings (SSSR count). The van der Waals surface area contributed by atoms with Crippen LogP contribution in [0.5, 0.6) is 0 Å². The van der Waals surface area contributed by atoms with Crippen molar-refractivity contribution in [1.82, 2.24) is 0 Å². The van der Waals surface area contributed by atoms with Crippen LogP contribution in [0, 0.1) is 0 Å². The third-order valence-electron chi connectivity index (χ3n) is 4.71.